The van der Waals surface area contributed by atoms with E-state index in [-0.39, 0.29) is 11.7 Å². The van der Waals surface area contributed by atoms with E-state index in [1.165, 1.54) is 6.92 Å². The Morgan fingerprint density at radius 2 is 1.77 bits per heavy atom. The highest BCUT2D eigenvalue weighted by Gasteiger charge is 2.08. The normalized spacial score (nSPS) is 10.6. The van der Waals surface area contributed by atoms with E-state index in [4.69, 9.17) is 0 Å². The van der Waals surface area contributed by atoms with Gasteiger partial charge in [0.05, 0.1) is 11.0 Å². The minimum Gasteiger partial charge on any atom is -0.338 e. The van der Waals surface area contributed by atoms with Crippen LogP contribution in [0.5, 0.6) is 0 Å². The Hall–Kier alpha value is -2.95. The highest BCUT2D eigenvalue weighted by molar-refractivity contribution is 5.97. The number of rotatable bonds is 3. The van der Waals surface area contributed by atoms with E-state index in [9.17, 15) is 9.59 Å². The third-order valence-corrected chi connectivity index (χ3v) is 3.37. The fourth-order valence-corrected chi connectivity index (χ4v) is 2.28. The number of nitrogens with one attached hydrogen (secondary N) is 2. The number of hydrogen-bond acceptors (Lipinski definition) is 3. The molecule has 2 N–H and O–H groups in total. The summed E-state index contributed by atoms with van der Waals surface area (Å²) >= 11 is 0. The largest absolute Gasteiger partial charge is 0.338 e. The minimum atomic E-state index is -0.103. The summed E-state index contributed by atoms with van der Waals surface area (Å²) in [5, 5.41) is 2.72. The van der Waals surface area contributed by atoms with Crippen LogP contribution in [0.1, 0.15) is 24.2 Å². The molecule has 110 valence electrons. The number of amides is 1. The van der Waals surface area contributed by atoms with Crippen LogP contribution >= 0.6 is 0 Å². The van der Waals surface area contributed by atoms with Crippen molar-refractivity contribution in [3.8, 4) is 11.4 Å². The van der Waals surface area contributed by atoms with Crippen LogP contribution in [-0.2, 0) is 4.79 Å². The molecule has 1 heterocycles. The van der Waals surface area contributed by atoms with Crippen molar-refractivity contribution >= 4 is 28.4 Å². The molecule has 5 heteroatoms. The fraction of sp³-hybridized carbons (Fsp3) is 0.118. The lowest BCUT2D eigenvalue weighted by molar-refractivity contribution is -0.114. The lowest BCUT2D eigenvalue weighted by atomic mass is 10.1. The fourth-order valence-electron chi connectivity index (χ4n) is 2.28. The summed E-state index contributed by atoms with van der Waals surface area (Å²) in [6.45, 7) is 3.01. The minimum absolute atomic E-state index is 0.0257. The molecule has 0 atom stereocenters. The van der Waals surface area contributed by atoms with Gasteiger partial charge < -0.3 is 10.3 Å². The van der Waals surface area contributed by atoms with Gasteiger partial charge in [-0.2, -0.15) is 0 Å². The van der Waals surface area contributed by atoms with Crippen LogP contribution < -0.4 is 5.32 Å². The van der Waals surface area contributed by atoms with Gasteiger partial charge in [-0.15, -0.1) is 0 Å². The Morgan fingerprint density at radius 3 is 2.41 bits per heavy atom. The van der Waals surface area contributed by atoms with Gasteiger partial charge in [0.2, 0.25) is 5.91 Å². The quantitative estimate of drug-likeness (QED) is 0.727. The number of benzene rings is 2. The number of carbonyl (C=O) groups excluding carboxylic acids is 2. The Kier molecular flexibility index (Phi) is 3.47. The van der Waals surface area contributed by atoms with Crippen molar-refractivity contribution in [2.24, 2.45) is 0 Å². The van der Waals surface area contributed by atoms with Crippen LogP contribution in [0.15, 0.2) is 42.5 Å². The average Bonchev–Trinajstić information content (AvgIpc) is 2.90. The maximum Gasteiger partial charge on any atom is 0.221 e. The summed E-state index contributed by atoms with van der Waals surface area (Å²) in [6, 6.07) is 12.8. The van der Waals surface area contributed by atoms with Gasteiger partial charge >= 0.3 is 0 Å². The smallest absolute Gasteiger partial charge is 0.221 e. The summed E-state index contributed by atoms with van der Waals surface area (Å²) in [4.78, 5) is 30.2. The molecular weight excluding hydrogens is 278 g/mol. The van der Waals surface area contributed by atoms with E-state index in [1.807, 2.05) is 30.3 Å². The zero-order chi connectivity index (χ0) is 15.7. The van der Waals surface area contributed by atoms with Crippen molar-refractivity contribution in [2.45, 2.75) is 13.8 Å². The SMILES string of the molecule is CC(=O)Nc1ccc(-c2nc3ccc(C(C)=O)cc3[nH]2)cc1. The molecule has 0 spiro atoms. The van der Waals surface area contributed by atoms with Crippen LogP contribution in [0.4, 0.5) is 5.69 Å². The summed E-state index contributed by atoms with van der Waals surface area (Å²) in [5.74, 6) is 0.649. The van der Waals surface area contributed by atoms with E-state index in [0.29, 0.717) is 5.56 Å². The number of hydrogen-bond donors (Lipinski definition) is 2. The molecule has 0 saturated carbocycles. The van der Waals surface area contributed by atoms with Gasteiger partial charge in [0, 0.05) is 23.7 Å². The lowest BCUT2D eigenvalue weighted by Crippen LogP contribution is -2.05. The Balaban J connectivity index is 1.95. The molecule has 0 unspecified atom stereocenters. The molecule has 0 aliphatic heterocycles. The molecule has 22 heavy (non-hydrogen) atoms. The van der Waals surface area contributed by atoms with Crippen molar-refractivity contribution in [1.29, 1.82) is 0 Å². The molecular formula is C17H15N3O2. The highest BCUT2D eigenvalue weighted by Crippen LogP contribution is 2.23. The number of aromatic nitrogens is 2. The van der Waals surface area contributed by atoms with Gasteiger partial charge in [-0.3, -0.25) is 9.59 Å². The monoisotopic (exact) mass is 293 g/mol. The van der Waals surface area contributed by atoms with Crippen molar-refractivity contribution in [3.63, 3.8) is 0 Å². The zero-order valence-electron chi connectivity index (χ0n) is 12.3. The van der Waals surface area contributed by atoms with Gasteiger partial charge in [0.15, 0.2) is 5.78 Å². The molecule has 0 radical (unpaired) electrons. The van der Waals surface area contributed by atoms with E-state index in [2.05, 4.69) is 15.3 Å². The van der Waals surface area contributed by atoms with Crippen LogP contribution in [0.3, 0.4) is 0 Å². The maximum atomic E-state index is 11.4. The van der Waals surface area contributed by atoms with Crippen molar-refractivity contribution < 1.29 is 9.59 Å². The summed E-state index contributed by atoms with van der Waals surface area (Å²) in [5.41, 5.74) is 3.95. The molecule has 0 fully saturated rings. The van der Waals surface area contributed by atoms with Crippen molar-refractivity contribution in [2.75, 3.05) is 5.32 Å². The number of H-pyrrole nitrogens is 1. The first-order valence-corrected chi connectivity index (χ1v) is 6.91. The number of carbonyl (C=O) groups is 2. The molecule has 0 bridgehead atoms. The van der Waals surface area contributed by atoms with Crippen LogP contribution in [-0.4, -0.2) is 21.7 Å². The number of nitrogens with zero attached hydrogens (tertiary/aromatic N) is 1. The Morgan fingerprint density at radius 1 is 1.05 bits per heavy atom. The van der Waals surface area contributed by atoms with Gasteiger partial charge in [0.1, 0.15) is 5.82 Å². The topological polar surface area (TPSA) is 74.8 Å². The predicted molar refractivity (Wildman–Crippen MR) is 85.8 cm³/mol. The predicted octanol–water partition coefficient (Wildman–Crippen LogP) is 3.39. The summed E-state index contributed by atoms with van der Waals surface area (Å²) < 4.78 is 0. The first-order chi connectivity index (χ1) is 10.5. The maximum absolute atomic E-state index is 11.4. The van der Waals surface area contributed by atoms with Crippen LogP contribution in [0, 0.1) is 0 Å². The molecule has 3 rings (SSSR count). The molecule has 0 saturated heterocycles. The summed E-state index contributed by atoms with van der Waals surface area (Å²) in [7, 11) is 0. The highest BCUT2D eigenvalue weighted by atomic mass is 16.1. The van der Waals surface area contributed by atoms with Crippen molar-refractivity contribution in [1.82, 2.24) is 9.97 Å². The molecule has 0 aliphatic carbocycles. The van der Waals surface area contributed by atoms with E-state index in [1.54, 1.807) is 19.1 Å². The number of aromatic amines is 1. The molecule has 0 aliphatic rings. The first-order valence-electron chi connectivity index (χ1n) is 6.91. The molecule has 1 aromatic heterocycles. The Labute approximate surface area is 127 Å². The zero-order valence-corrected chi connectivity index (χ0v) is 12.3. The first kappa shape index (κ1) is 14.0. The van der Waals surface area contributed by atoms with Crippen LogP contribution in [0.25, 0.3) is 22.4 Å². The average molecular weight is 293 g/mol. The molecule has 5 nitrogen and oxygen atoms in total. The van der Waals surface area contributed by atoms with Gasteiger partial charge in [-0.05, 0) is 49.4 Å². The molecule has 3 aromatic rings. The second-order valence-corrected chi connectivity index (χ2v) is 5.13. The second kappa shape index (κ2) is 5.44. The summed E-state index contributed by atoms with van der Waals surface area (Å²) in [6.07, 6.45) is 0. The Bertz CT molecular complexity index is 863. The van der Waals surface area contributed by atoms with E-state index < -0.39 is 0 Å². The number of ketones is 1. The van der Waals surface area contributed by atoms with E-state index in [0.717, 1.165) is 28.1 Å². The molecule has 1 amide bonds. The van der Waals surface area contributed by atoms with Crippen molar-refractivity contribution in [3.05, 3.63) is 48.0 Å². The van der Waals surface area contributed by atoms with Gasteiger partial charge in [-0.25, -0.2) is 4.98 Å². The lowest BCUT2D eigenvalue weighted by Gasteiger charge is -2.02. The van der Waals surface area contributed by atoms with Gasteiger partial charge in [0.25, 0.3) is 0 Å². The number of imidazole rings is 1. The molecule has 2 aromatic carbocycles. The standard InChI is InChI=1S/C17H15N3O2/c1-10(21)13-5-8-15-16(9-13)20-17(19-15)12-3-6-14(7-4-12)18-11(2)22/h3-9H,1-2H3,(H,18,22)(H,19,20). The van der Waals surface area contributed by atoms with E-state index >= 15 is 0 Å². The third kappa shape index (κ3) is 2.74. The number of Topliss-reactive ketones (excluding diaryl/α,β-unsaturated/α-hetero) is 1. The van der Waals surface area contributed by atoms with Crippen LogP contribution in [0.2, 0.25) is 0 Å². The van der Waals surface area contributed by atoms with Gasteiger partial charge in [-0.1, -0.05) is 0 Å². The second-order valence-electron chi connectivity index (χ2n) is 5.13. The number of fused-ring (bicyclic) bond motifs is 1. The number of anilines is 1. The third-order valence-electron chi connectivity index (χ3n) is 3.37.